The van der Waals surface area contributed by atoms with Gasteiger partial charge >= 0.3 is 12.1 Å². The molecule has 0 radical (unpaired) electrons. The standard InChI is InChI=1S/C26H27F3O2S2/c1-5-31-25(30)23-11-10-21(33-23)12-16(2)15-32-22-13-17(3)24(18(4)14-22)19-6-8-20(9-7-19)26(27,28)29/h6-11,13-14,16H,5,12,15H2,1-4H3. The fourth-order valence-electron chi connectivity index (χ4n) is 3.73. The second-order valence-corrected chi connectivity index (χ2v) is 10.4. The van der Waals surface area contributed by atoms with Crippen molar-refractivity contribution in [1.29, 1.82) is 0 Å². The number of benzene rings is 2. The Morgan fingerprint density at radius 3 is 2.27 bits per heavy atom. The highest BCUT2D eigenvalue weighted by molar-refractivity contribution is 7.99. The molecule has 1 atom stereocenters. The number of esters is 1. The maximum atomic E-state index is 12.9. The highest BCUT2D eigenvalue weighted by Gasteiger charge is 2.30. The number of ether oxygens (including phenoxy) is 1. The lowest BCUT2D eigenvalue weighted by Gasteiger charge is -2.15. The van der Waals surface area contributed by atoms with E-state index in [0.717, 1.165) is 56.3 Å². The lowest BCUT2D eigenvalue weighted by atomic mass is 9.95. The van der Waals surface area contributed by atoms with E-state index < -0.39 is 11.7 Å². The van der Waals surface area contributed by atoms with E-state index in [1.807, 2.05) is 26.0 Å². The predicted molar refractivity (Wildman–Crippen MR) is 130 cm³/mol. The number of thiophene rings is 1. The summed E-state index contributed by atoms with van der Waals surface area (Å²) in [5.41, 5.74) is 3.22. The number of carbonyl (C=O) groups excluding carboxylic acids is 1. The minimum atomic E-state index is -4.33. The van der Waals surface area contributed by atoms with E-state index in [1.165, 1.54) is 11.3 Å². The van der Waals surface area contributed by atoms with Crippen molar-refractivity contribution in [2.45, 2.75) is 45.2 Å². The Balaban J connectivity index is 1.64. The summed E-state index contributed by atoms with van der Waals surface area (Å²) < 4.78 is 43.7. The molecule has 0 amide bonds. The van der Waals surface area contributed by atoms with Gasteiger partial charge in [0, 0.05) is 15.5 Å². The molecule has 2 nitrogen and oxygen atoms in total. The van der Waals surface area contributed by atoms with E-state index in [9.17, 15) is 18.0 Å². The molecule has 3 aromatic rings. The highest BCUT2D eigenvalue weighted by Crippen LogP contribution is 2.35. The van der Waals surface area contributed by atoms with Crippen LogP contribution < -0.4 is 0 Å². The lowest BCUT2D eigenvalue weighted by molar-refractivity contribution is -0.137. The van der Waals surface area contributed by atoms with Crippen molar-refractivity contribution in [2.24, 2.45) is 5.92 Å². The Labute approximate surface area is 201 Å². The average molecular weight is 493 g/mol. The third-order valence-corrected chi connectivity index (χ3v) is 7.62. The predicted octanol–water partition coefficient (Wildman–Crippen LogP) is 8.20. The first-order valence-electron chi connectivity index (χ1n) is 10.8. The third-order valence-electron chi connectivity index (χ3n) is 5.23. The Morgan fingerprint density at radius 1 is 1.06 bits per heavy atom. The van der Waals surface area contributed by atoms with Crippen LogP contribution in [-0.4, -0.2) is 18.3 Å². The molecule has 0 saturated heterocycles. The van der Waals surface area contributed by atoms with Crippen LogP contribution in [-0.2, 0) is 17.3 Å². The maximum absolute atomic E-state index is 12.9. The smallest absolute Gasteiger partial charge is 0.416 e. The van der Waals surface area contributed by atoms with E-state index in [1.54, 1.807) is 30.8 Å². The topological polar surface area (TPSA) is 26.3 Å². The molecule has 1 unspecified atom stereocenters. The van der Waals surface area contributed by atoms with Crippen molar-refractivity contribution in [3.05, 3.63) is 75.0 Å². The summed E-state index contributed by atoms with van der Waals surface area (Å²) in [7, 11) is 0. The second kappa shape index (κ2) is 10.8. The summed E-state index contributed by atoms with van der Waals surface area (Å²) in [6.07, 6.45) is -3.44. The number of aryl methyl sites for hydroxylation is 2. The van der Waals surface area contributed by atoms with Gasteiger partial charge in [-0.2, -0.15) is 13.2 Å². The molecule has 0 aliphatic heterocycles. The molecule has 0 saturated carbocycles. The minimum Gasteiger partial charge on any atom is -0.462 e. The van der Waals surface area contributed by atoms with Crippen LogP contribution in [0.25, 0.3) is 11.1 Å². The molecule has 176 valence electrons. The summed E-state index contributed by atoms with van der Waals surface area (Å²) >= 11 is 3.25. The van der Waals surface area contributed by atoms with Gasteiger partial charge in [0.15, 0.2) is 0 Å². The Bertz CT molecular complexity index is 1080. The normalized spacial score (nSPS) is 12.6. The van der Waals surface area contributed by atoms with Gasteiger partial charge in [-0.3, -0.25) is 0 Å². The largest absolute Gasteiger partial charge is 0.462 e. The van der Waals surface area contributed by atoms with E-state index in [2.05, 4.69) is 19.1 Å². The summed E-state index contributed by atoms with van der Waals surface area (Å²) in [5.74, 6) is 1.07. The van der Waals surface area contributed by atoms with Gasteiger partial charge in [-0.1, -0.05) is 19.1 Å². The van der Waals surface area contributed by atoms with Crippen LogP contribution in [0.4, 0.5) is 13.2 Å². The number of alkyl halides is 3. The first kappa shape index (κ1) is 25.4. The SMILES string of the molecule is CCOC(=O)c1ccc(CC(C)CSc2cc(C)c(-c3ccc(C(F)(F)F)cc3)c(C)c2)s1. The second-order valence-electron chi connectivity index (χ2n) is 8.11. The molecule has 2 aromatic carbocycles. The molecule has 3 rings (SSSR count). The first-order chi connectivity index (χ1) is 15.6. The fourth-order valence-corrected chi connectivity index (χ4v) is 5.91. The van der Waals surface area contributed by atoms with Gasteiger partial charge in [-0.25, -0.2) is 4.79 Å². The Morgan fingerprint density at radius 2 is 1.70 bits per heavy atom. The van der Waals surface area contributed by atoms with Crippen LogP contribution in [0.3, 0.4) is 0 Å². The molecule has 7 heteroatoms. The minimum absolute atomic E-state index is 0.269. The van der Waals surface area contributed by atoms with Crippen LogP contribution in [0, 0.1) is 19.8 Å². The third kappa shape index (κ3) is 6.64. The molecule has 0 N–H and O–H groups in total. The van der Waals surface area contributed by atoms with Crippen LogP contribution in [0.1, 0.15) is 45.1 Å². The zero-order valence-corrected chi connectivity index (χ0v) is 20.7. The molecule has 33 heavy (non-hydrogen) atoms. The average Bonchev–Trinajstić information content (AvgIpc) is 3.20. The van der Waals surface area contributed by atoms with Gasteiger partial charge in [0.1, 0.15) is 4.88 Å². The van der Waals surface area contributed by atoms with E-state index in [0.29, 0.717) is 17.4 Å². The number of hydrogen-bond acceptors (Lipinski definition) is 4. The highest BCUT2D eigenvalue weighted by atomic mass is 32.2. The summed E-state index contributed by atoms with van der Waals surface area (Å²) in [6.45, 7) is 8.35. The van der Waals surface area contributed by atoms with Crippen molar-refractivity contribution in [3.8, 4) is 11.1 Å². The summed E-state index contributed by atoms with van der Waals surface area (Å²) in [5, 5.41) is 0. The zero-order valence-electron chi connectivity index (χ0n) is 19.1. The Kier molecular flexibility index (Phi) is 8.29. The number of thioether (sulfide) groups is 1. The first-order valence-corrected chi connectivity index (χ1v) is 12.6. The molecule has 0 spiro atoms. The van der Waals surface area contributed by atoms with Gasteiger partial charge in [0.05, 0.1) is 12.2 Å². The van der Waals surface area contributed by atoms with Crippen LogP contribution in [0.2, 0.25) is 0 Å². The number of halogens is 3. The molecular formula is C26H27F3O2S2. The Hall–Kier alpha value is -2.25. The van der Waals surface area contributed by atoms with E-state index >= 15 is 0 Å². The molecule has 0 aliphatic rings. The van der Waals surface area contributed by atoms with Crippen molar-refractivity contribution in [1.82, 2.24) is 0 Å². The molecule has 0 fully saturated rings. The van der Waals surface area contributed by atoms with Gasteiger partial charge < -0.3 is 4.74 Å². The van der Waals surface area contributed by atoms with Crippen LogP contribution in [0.5, 0.6) is 0 Å². The number of carbonyl (C=O) groups is 1. The summed E-state index contributed by atoms with van der Waals surface area (Å²) in [6, 6.07) is 13.4. The molecule has 0 bridgehead atoms. The van der Waals surface area contributed by atoms with Crippen molar-refractivity contribution in [2.75, 3.05) is 12.4 Å². The van der Waals surface area contributed by atoms with E-state index in [-0.39, 0.29) is 5.97 Å². The van der Waals surface area contributed by atoms with Gasteiger partial charge in [-0.15, -0.1) is 23.1 Å². The quantitative estimate of drug-likeness (QED) is 0.234. The maximum Gasteiger partial charge on any atom is 0.416 e. The lowest BCUT2D eigenvalue weighted by Crippen LogP contribution is -2.04. The van der Waals surface area contributed by atoms with Gasteiger partial charge in [0.2, 0.25) is 0 Å². The van der Waals surface area contributed by atoms with E-state index in [4.69, 9.17) is 4.74 Å². The number of hydrogen-bond donors (Lipinski definition) is 0. The van der Waals surface area contributed by atoms with Gasteiger partial charge in [-0.05, 0) is 91.8 Å². The van der Waals surface area contributed by atoms with Crippen molar-refractivity contribution in [3.63, 3.8) is 0 Å². The molecular weight excluding hydrogens is 465 g/mol. The molecule has 1 aromatic heterocycles. The van der Waals surface area contributed by atoms with Gasteiger partial charge in [0.25, 0.3) is 0 Å². The van der Waals surface area contributed by atoms with Crippen LogP contribution >= 0.6 is 23.1 Å². The van der Waals surface area contributed by atoms with Crippen molar-refractivity contribution < 1.29 is 22.7 Å². The molecule has 1 heterocycles. The summed E-state index contributed by atoms with van der Waals surface area (Å²) in [4.78, 5) is 14.8. The zero-order chi connectivity index (χ0) is 24.2. The monoisotopic (exact) mass is 492 g/mol. The van der Waals surface area contributed by atoms with Crippen LogP contribution in [0.15, 0.2) is 53.4 Å². The molecule has 0 aliphatic carbocycles. The number of rotatable bonds is 8. The van der Waals surface area contributed by atoms with Crippen molar-refractivity contribution >= 4 is 29.1 Å². The fraction of sp³-hybridized carbons (Fsp3) is 0.346.